The van der Waals surface area contributed by atoms with E-state index in [1.54, 1.807) is 6.07 Å². The van der Waals surface area contributed by atoms with Crippen LogP contribution in [0.2, 0.25) is 0 Å². The van der Waals surface area contributed by atoms with Crippen molar-refractivity contribution in [3.05, 3.63) is 28.8 Å². The summed E-state index contributed by atoms with van der Waals surface area (Å²) in [7, 11) is 0. The summed E-state index contributed by atoms with van der Waals surface area (Å²) in [6.07, 6.45) is 0.803. The Hall–Kier alpha value is -1.57. The second kappa shape index (κ2) is 4.84. The third-order valence-corrected chi connectivity index (χ3v) is 3.46. The molecule has 4 nitrogen and oxygen atoms in total. The number of hydrogen-bond acceptors (Lipinski definition) is 4. The third kappa shape index (κ3) is 2.73. The van der Waals surface area contributed by atoms with Crippen molar-refractivity contribution in [3.63, 3.8) is 0 Å². The predicted octanol–water partition coefficient (Wildman–Crippen LogP) is 2.00. The first kappa shape index (κ1) is 13.9. The predicted molar refractivity (Wildman–Crippen MR) is 72.8 cm³/mol. The number of aromatic hydroxyl groups is 1. The van der Waals surface area contributed by atoms with Crippen LogP contribution in [0.5, 0.6) is 5.75 Å². The van der Waals surface area contributed by atoms with Crippen molar-refractivity contribution in [2.45, 2.75) is 51.3 Å². The standard InChI is InChI=1S/C15H20N2O2/c1-15(2,3)17-12-6-4-9-10(14(12)19)5-7-13(18)11(9)8-16/h5,7,12,14,17-19H,4,6H2,1-3H3. The van der Waals surface area contributed by atoms with E-state index in [0.29, 0.717) is 12.0 Å². The highest BCUT2D eigenvalue weighted by molar-refractivity contribution is 5.53. The van der Waals surface area contributed by atoms with Gasteiger partial charge in [0.15, 0.2) is 0 Å². The van der Waals surface area contributed by atoms with Crippen LogP contribution in [0.15, 0.2) is 12.1 Å². The average molecular weight is 260 g/mol. The molecule has 4 heteroatoms. The summed E-state index contributed by atoms with van der Waals surface area (Å²) in [5.74, 6) is -0.00400. The van der Waals surface area contributed by atoms with Crippen molar-refractivity contribution in [1.82, 2.24) is 5.32 Å². The molecule has 0 heterocycles. The molecule has 1 aliphatic carbocycles. The van der Waals surface area contributed by atoms with Crippen LogP contribution in [0, 0.1) is 11.3 Å². The van der Waals surface area contributed by atoms with Crippen molar-refractivity contribution in [2.24, 2.45) is 0 Å². The van der Waals surface area contributed by atoms with Crippen LogP contribution in [-0.4, -0.2) is 21.8 Å². The number of aliphatic hydroxyl groups excluding tert-OH is 1. The summed E-state index contributed by atoms with van der Waals surface area (Å²) in [6.45, 7) is 6.19. The summed E-state index contributed by atoms with van der Waals surface area (Å²) in [5, 5.41) is 32.6. The van der Waals surface area contributed by atoms with Gasteiger partial charge in [-0.05, 0) is 50.8 Å². The lowest BCUT2D eigenvalue weighted by Gasteiger charge is -2.36. The Balaban J connectivity index is 2.35. The molecule has 0 fully saturated rings. The van der Waals surface area contributed by atoms with Gasteiger partial charge in [0.25, 0.3) is 0 Å². The summed E-state index contributed by atoms with van der Waals surface area (Å²) >= 11 is 0. The normalized spacial score (nSPS) is 22.7. The third-order valence-electron chi connectivity index (χ3n) is 3.46. The molecular weight excluding hydrogens is 240 g/mol. The molecule has 1 aliphatic rings. The van der Waals surface area contributed by atoms with Gasteiger partial charge >= 0.3 is 0 Å². The topological polar surface area (TPSA) is 76.3 Å². The van der Waals surface area contributed by atoms with E-state index in [0.717, 1.165) is 17.5 Å². The fourth-order valence-corrected chi connectivity index (χ4v) is 2.70. The summed E-state index contributed by atoms with van der Waals surface area (Å²) in [4.78, 5) is 0. The Morgan fingerprint density at radius 1 is 1.37 bits per heavy atom. The number of phenols is 1. The Morgan fingerprint density at radius 2 is 2.05 bits per heavy atom. The first-order valence-electron chi connectivity index (χ1n) is 6.54. The molecule has 0 radical (unpaired) electrons. The first-order valence-corrected chi connectivity index (χ1v) is 6.54. The van der Waals surface area contributed by atoms with Gasteiger partial charge in [-0.2, -0.15) is 5.26 Å². The number of phenolic OH excluding ortho intramolecular Hbond substituents is 1. The molecule has 19 heavy (non-hydrogen) atoms. The molecule has 0 bridgehead atoms. The maximum absolute atomic E-state index is 10.4. The molecule has 102 valence electrons. The maximum Gasteiger partial charge on any atom is 0.133 e. The lowest BCUT2D eigenvalue weighted by atomic mass is 9.82. The zero-order chi connectivity index (χ0) is 14.2. The minimum Gasteiger partial charge on any atom is -0.507 e. The average Bonchev–Trinajstić information content (AvgIpc) is 2.31. The molecule has 1 aromatic carbocycles. The highest BCUT2D eigenvalue weighted by Gasteiger charge is 2.32. The number of aliphatic hydroxyl groups is 1. The largest absolute Gasteiger partial charge is 0.507 e. The van der Waals surface area contributed by atoms with Gasteiger partial charge in [0.05, 0.1) is 11.7 Å². The van der Waals surface area contributed by atoms with E-state index in [-0.39, 0.29) is 17.3 Å². The highest BCUT2D eigenvalue weighted by atomic mass is 16.3. The van der Waals surface area contributed by atoms with Gasteiger partial charge in [-0.15, -0.1) is 0 Å². The maximum atomic E-state index is 10.4. The Morgan fingerprint density at radius 3 is 2.63 bits per heavy atom. The monoisotopic (exact) mass is 260 g/mol. The lowest BCUT2D eigenvalue weighted by Crippen LogP contribution is -2.48. The quantitative estimate of drug-likeness (QED) is 0.722. The van der Waals surface area contributed by atoms with E-state index in [4.69, 9.17) is 5.26 Å². The zero-order valence-electron chi connectivity index (χ0n) is 11.6. The molecule has 1 aromatic rings. The summed E-state index contributed by atoms with van der Waals surface area (Å²) in [5.41, 5.74) is 1.76. The molecule has 0 aromatic heterocycles. The zero-order valence-corrected chi connectivity index (χ0v) is 11.6. The first-order chi connectivity index (χ1) is 8.83. The van der Waals surface area contributed by atoms with Gasteiger partial charge < -0.3 is 15.5 Å². The second-order valence-corrected chi connectivity index (χ2v) is 6.12. The summed E-state index contributed by atoms with van der Waals surface area (Å²) in [6, 6.07) is 5.20. The van der Waals surface area contributed by atoms with E-state index in [9.17, 15) is 10.2 Å². The van der Waals surface area contributed by atoms with Gasteiger partial charge in [-0.25, -0.2) is 0 Å². The fraction of sp³-hybridized carbons (Fsp3) is 0.533. The number of benzene rings is 1. The van der Waals surface area contributed by atoms with Crippen LogP contribution in [-0.2, 0) is 6.42 Å². The molecule has 2 rings (SSSR count). The van der Waals surface area contributed by atoms with Gasteiger partial charge in [0.2, 0.25) is 0 Å². The number of rotatable bonds is 1. The van der Waals surface area contributed by atoms with E-state index in [1.165, 1.54) is 6.07 Å². The van der Waals surface area contributed by atoms with E-state index in [2.05, 4.69) is 26.1 Å². The smallest absolute Gasteiger partial charge is 0.133 e. The molecular formula is C15H20N2O2. The molecule has 0 saturated heterocycles. The fourth-order valence-electron chi connectivity index (χ4n) is 2.70. The van der Waals surface area contributed by atoms with Crippen molar-refractivity contribution in [2.75, 3.05) is 0 Å². The number of nitrogens with one attached hydrogen (secondary N) is 1. The molecule has 0 saturated carbocycles. The van der Waals surface area contributed by atoms with Crippen LogP contribution in [0.4, 0.5) is 0 Å². The minimum atomic E-state index is -0.643. The number of nitriles is 1. The van der Waals surface area contributed by atoms with Gasteiger partial charge in [-0.3, -0.25) is 0 Å². The van der Waals surface area contributed by atoms with Crippen LogP contribution in [0.1, 0.15) is 50.0 Å². The second-order valence-electron chi connectivity index (χ2n) is 6.12. The molecule has 0 aliphatic heterocycles. The minimum absolute atomic E-state index is 0.00400. The van der Waals surface area contributed by atoms with Crippen LogP contribution < -0.4 is 5.32 Å². The number of fused-ring (bicyclic) bond motifs is 1. The van der Waals surface area contributed by atoms with Gasteiger partial charge in [0.1, 0.15) is 11.8 Å². The number of hydrogen-bond donors (Lipinski definition) is 3. The van der Waals surface area contributed by atoms with Gasteiger partial charge in [0, 0.05) is 11.6 Å². The van der Waals surface area contributed by atoms with Crippen molar-refractivity contribution < 1.29 is 10.2 Å². The van der Waals surface area contributed by atoms with E-state index >= 15 is 0 Å². The Labute approximate surface area is 113 Å². The molecule has 2 unspecified atom stereocenters. The van der Waals surface area contributed by atoms with Crippen LogP contribution >= 0.6 is 0 Å². The number of nitrogens with zero attached hydrogens (tertiary/aromatic N) is 1. The van der Waals surface area contributed by atoms with Gasteiger partial charge in [-0.1, -0.05) is 6.07 Å². The van der Waals surface area contributed by atoms with Crippen molar-refractivity contribution >= 4 is 0 Å². The Kier molecular flexibility index (Phi) is 3.53. The van der Waals surface area contributed by atoms with Crippen LogP contribution in [0.3, 0.4) is 0 Å². The molecule has 0 spiro atoms. The lowest BCUT2D eigenvalue weighted by molar-refractivity contribution is 0.0999. The van der Waals surface area contributed by atoms with Crippen molar-refractivity contribution in [3.8, 4) is 11.8 Å². The highest BCUT2D eigenvalue weighted by Crippen LogP contribution is 2.35. The van der Waals surface area contributed by atoms with E-state index < -0.39 is 6.10 Å². The molecule has 2 atom stereocenters. The SMILES string of the molecule is CC(C)(C)NC1CCc2c(ccc(O)c2C#N)C1O. The molecule has 3 N–H and O–H groups in total. The summed E-state index contributed by atoms with van der Waals surface area (Å²) < 4.78 is 0. The Bertz CT molecular complexity index is 526. The van der Waals surface area contributed by atoms with E-state index in [1.807, 2.05) is 6.07 Å². The van der Waals surface area contributed by atoms with Crippen LogP contribution in [0.25, 0.3) is 0 Å². The van der Waals surface area contributed by atoms with Crippen molar-refractivity contribution in [1.29, 1.82) is 5.26 Å². The molecule has 0 amide bonds.